The lowest BCUT2D eigenvalue weighted by Gasteiger charge is -2.17. The van der Waals surface area contributed by atoms with Crippen LogP contribution in [0, 0.1) is 18.2 Å². The maximum atomic E-state index is 13.2. The third-order valence-electron chi connectivity index (χ3n) is 3.06. The molecule has 0 bridgehead atoms. The van der Waals surface area contributed by atoms with Crippen molar-refractivity contribution in [3.05, 3.63) is 47.9 Å². The Morgan fingerprint density at radius 1 is 1.26 bits per heavy atom. The number of anilines is 1. The fraction of sp³-hybridized carbons (Fsp3) is 0.333. The lowest BCUT2D eigenvalue weighted by Crippen LogP contribution is -2.19. The quantitative estimate of drug-likeness (QED) is 0.889. The maximum Gasteiger partial charge on any atom is 0.224 e. The van der Waals surface area contributed by atoms with E-state index >= 15 is 0 Å². The van der Waals surface area contributed by atoms with Gasteiger partial charge in [-0.15, -0.1) is 0 Å². The van der Waals surface area contributed by atoms with Gasteiger partial charge in [0.25, 0.3) is 0 Å². The van der Waals surface area contributed by atoms with E-state index in [0.29, 0.717) is 29.3 Å². The smallest absolute Gasteiger partial charge is 0.224 e. The van der Waals surface area contributed by atoms with Crippen LogP contribution in [0.25, 0.3) is 0 Å². The zero-order valence-electron chi connectivity index (χ0n) is 13.8. The minimum absolute atomic E-state index is 0.0536. The highest BCUT2D eigenvalue weighted by atomic mass is 19.1. The van der Waals surface area contributed by atoms with Gasteiger partial charge in [0.1, 0.15) is 11.6 Å². The van der Waals surface area contributed by atoms with Crippen LogP contribution >= 0.6 is 0 Å². The van der Waals surface area contributed by atoms with E-state index in [1.54, 1.807) is 31.2 Å². The monoisotopic (exact) mass is 316 g/mol. The highest BCUT2D eigenvalue weighted by Crippen LogP contribution is 2.23. The number of nitrogens with zero attached hydrogens (tertiary/aromatic N) is 1. The van der Waals surface area contributed by atoms with Crippen molar-refractivity contribution in [3.8, 4) is 11.6 Å². The Morgan fingerprint density at radius 3 is 2.57 bits per heavy atom. The minimum atomic E-state index is -0.276. The van der Waals surface area contributed by atoms with Crippen LogP contribution < -0.4 is 10.1 Å². The summed E-state index contributed by atoms with van der Waals surface area (Å²) in [6, 6.07) is 7.88. The molecule has 1 amide bonds. The molecule has 0 fully saturated rings. The normalized spacial score (nSPS) is 11.2. The number of halogens is 1. The number of pyridine rings is 1. The Balaban J connectivity index is 1.99. The summed E-state index contributed by atoms with van der Waals surface area (Å²) in [7, 11) is 0. The lowest BCUT2D eigenvalue weighted by molar-refractivity contribution is -0.117. The number of carbonyl (C=O) groups is 1. The summed E-state index contributed by atoms with van der Waals surface area (Å²) < 4.78 is 18.8. The Bertz CT molecular complexity index is 691. The largest absolute Gasteiger partial charge is 0.439 e. The van der Waals surface area contributed by atoms with E-state index in [0.717, 1.165) is 0 Å². The molecule has 1 aromatic carbocycles. The van der Waals surface area contributed by atoms with Crippen LogP contribution in [0.1, 0.15) is 32.8 Å². The average molecular weight is 316 g/mol. The van der Waals surface area contributed by atoms with Gasteiger partial charge >= 0.3 is 0 Å². The average Bonchev–Trinajstić information content (AvgIpc) is 2.43. The minimum Gasteiger partial charge on any atom is -0.439 e. The van der Waals surface area contributed by atoms with E-state index in [1.807, 2.05) is 20.8 Å². The van der Waals surface area contributed by atoms with E-state index in [2.05, 4.69) is 10.3 Å². The summed E-state index contributed by atoms with van der Waals surface area (Å²) in [6.45, 7) is 7.69. The first kappa shape index (κ1) is 16.9. The van der Waals surface area contributed by atoms with Crippen LogP contribution in [0.2, 0.25) is 0 Å². The van der Waals surface area contributed by atoms with Crippen molar-refractivity contribution in [1.29, 1.82) is 0 Å². The third-order valence-corrected chi connectivity index (χ3v) is 3.06. The molecule has 0 aliphatic rings. The topological polar surface area (TPSA) is 51.2 Å². The highest BCUT2D eigenvalue weighted by Gasteiger charge is 2.16. The summed E-state index contributed by atoms with van der Waals surface area (Å²) >= 11 is 0. The number of amides is 1. The van der Waals surface area contributed by atoms with Gasteiger partial charge in [-0.2, -0.15) is 0 Å². The molecule has 1 heterocycles. The van der Waals surface area contributed by atoms with Crippen molar-refractivity contribution < 1.29 is 13.9 Å². The Morgan fingerprint density at radius 2 is 2.00 bits per heavy atom. The Kier molecular flexibility index (Phi) is 4.98. The molecule has 0 spiro atoms. The number of carbonyl (C=O) groups excluding carboxylic acids is 1. The molecule has 23 heavy (non-hydrogen) atoms. The summed E-state index contributed by atoms with van der Waals surface area (Å²) in [6.07, 6.45) is 1.96. The molecule has 2 rings (SSSR count). The van der Waals surface area contributed by atoms with E-state index in [4.69, 9.17) is 4.74 Å². The molecule has 0 saturated carbocycles. The number of aromatic nitrogens is 1. The molecule has 0 unspecified atom stereocenters. The molecule has 0 saturated heterocycles. The van der Waals surface area contributed by atoms with Gasteiger partial charge in [-0.05, 0) is 42.2 Å². The van der Waals surface area contributed by atoms with Gasteiger partial charge in [-0.25, -0.2) is 9.37 Å². The highest BCUT2D eigenvalue weighted by molar-refractivity contribution is 5.90. The second kappa shape index (κ2) is 6.77. The van der Waals surface area contributed by atoms with Crippen molar-refractivity contribution in [1.82, 2.24) is 4.98 Å². The molecule has 0 atom stereocenters. The summed E-state index contributed by atoms with van der Waals surface area (Å²) in [5, 5.41) is 2.80. The number of aryl methyl sites for hydroxylation is 1. The molecule has 0 radical (unpaired) electrons. The van der Waals surface area contributed by atoms with Crippen molar-refractivity contribution in [3.63, 3.8) is 0 Å². The maximum absolute atomic E-state index is 13.2. The van der Waals surface area contributed by atoms with Gasteiger partial charge in [0.2, 0.25) is 11.8 Å². The molecule has 2 aromatic rings. The predicted molar refractivity (Wildman–Crippen MR) is 88.1 cm³/mol. The van der Waals surface area contributed by atoms with Crippen LogP contribution in [0.5, 0.6) is 11.6 Å². The van der Waals surface area contributed by atoms with E-state index in [1.165, 1.54) is 12.3 Å². The second-order valence-electron chi connectivity index (χ2n) is 6.68. The molecule has 1 N–H and O–H groups in total. The molecule has 0 aliphatic heterocycles. The van der Waals surface area contributed by atoms with Crippen LogP contribution in [0.15, 0.2) is 36.5 Å². The van der Waals surface area contributed by atoms with Crippen LogP contribution in [-0.2, 0) is 4.79 Å². The first-order valence-corrected chi connectivity index (χ1v) is 7.43. The number of hydrogen-bond donors (Lipinski definition) is 1. The van der Waals surface area contributed by atoms with Crippen LogP contribution in [0.4, 0.5) is 10.1 Å². The molecular formula is C18H21FN2O2. The number of ether oxygens (including phenoxy) is 1. The van der Waals surface area contributed by atoms with E-state index < -0.39 is 0 Å². The zero-order chi connectivity index (χ0) is 17.0. The molecule has 0 aliphatic carbocycles. The van der Waals surface area contributed by atoms with Crippen molar-refractivity contribution in [2.75, 3.05) is 5.32 Å². The number of benzene rings is 1. The van der Waals surface area contributed by atoms with E-state index in [-0.39, 0.29) is 17.1 Å². The number of hydrogen-bond acceptors (Lipinski definition) is 3. The molecular weight excluding hydrogens is 295 g/mol. The van der Waals surface area contributed by atoms with Gasteiger partial charge in [-0.1, -0.05) is 20.8 Å². The first-order valence-electron chi connectivity index (χ1n) is 7.43. The third kappa shape index (κ3) is 5.36. The van der Waals surface area contributed by atoms with Crippen LogP contribution in [0.3, 0.4) is 0 Å². The van der Waals surface area contributed by atoms with Gasteiger partial charge in [0.15, 0.2) is 0 Å². The SMILES string of the molecule is Cc1cc(Oc2ccc(NC(=O)CC(C)(C)C)cn2)ccc1F. The van der Waals surface area contributed by atoms with Gasteiger partial charge < -0.3 is 10.1 Å². The van der Waals surface area contributed by atoms with Gasteiger partial charge in [-0.3, -0.25) is 4.79 Å². The lowest BCUT2D eigenvalue weighted by atomic mass is 9.92. The predicted octanol–water partition coefficient (Wildman–Crippen LogP) is 4.70. The second-order valence-corrected chi connectivity index (χ2v) is 6.68. The van der Waals surface area contributed by atoms with Crippen molar-refractivity contribution in [2.45, 2.75) is 34.1 Å². The molecule has 4 nitrogen and oxygen atoms in total. The van der Waals surface area contributed by atoms with Gasteiger partial charge in [0, 0.05) is 12.5 Å². The van der Waals surface area contributed by atoms with Crippen molar-refractivity contribution >= 4 is 11.6 Å². The summed E-state index contributed by atoms with van der Waals surface area (Å²) in [4.78, 5) is 16.0. The Hall–Kier alpha value is -2.43. The van der Waals surface area contributed by atoms with E-state index in [9.17, 15) is 9.18 Å². The Labute approximate surface area is 135 Å². The number of nitrogens with one attached hydrogen (secondary N) is 1. The number of rotatable bonds is 4. The summed E-state index contributed by atoms with van der Waals surface area (Å²) in [5.74, 6) is 0.565. The summed E-state index contributed by atoms with van der Waals surface area (Å²) in [5.41, 5.74) is 1.05. The van der Waals surface area contributed by atoms with Gasteiger partial charge in [0.05, 0.1) is 11.9 Å². The fourth-order valence-electron chi connectivity index (χ4n) is 2.00. The van der Waals surface area contributed by atoms with Crippen molar-refractivity contribution in [2.24, 2.45) is 5.41 Å². The molecule has 5 heteroatoms. The fourth-order valence-corrected chi connectivity index (χ4v) is 2.00. The standard InChI is InChI=1S/C18H21FN2O2/c1-12-9-14(6-7-15(12)19)23-17-8-5-13(11-20-17)21-16(22)10-18(2,3)4/h5-9,11H,10H2,1-4H3,(H,21,22). The molecule has 1 aromatic heterocycles. The van der Waals surface area contributed by atoms with Crippen LogP contribution in [-0.4, -0.2) is 10.9 Å². The molecule has 122 valence electrons. The zero-order valence-corrected chi connectivity index (χ0v) is 13.8. The first-order chi connectivity index (χ1) is 10.7.